The quantitative estimate of drug-likeness (QED) is 0.762. The van der Waals surface area contributed by atoms with Crippen LogP contribution < -0.4 is 0 Å². The second-order valence-corrected chi connectivity index (χ2v) is 5.26. The van der Waals surface area contributed by atoms with Gasteiger partial charge in [-0.3, -0.25) is 9.59 Å². The fourth-order valence-corrected chi connectivity index (χ4v) is 2.08. The topological polar surface area (TPSA) is 57.6 Å². The highest BCUT2D eigenvalue weighted by atomic mass is 16.4. The molecule has 96 valence electrons. The highest BCUT2D eigenvalue weighted by Gasteiger charge is 2.31. The predicted molar refractivity (Wildman–Crippen MR) is 65.5 cm³/mol. The Morgan fingerprint density at radius 1 is 1.41 bits per heavy atom. The minimum absolute atomic E-state index is 0.0845. The highest BCUT2D eigenvalue weighted by molar-refractivity contribution is 5.83. The van der Waals surface area contributed by atoms with E-state index in [9.17, 15) is 9.59 Å². The molecule has 0 aromatic carbocycles. The summed E-state index contributed by atoms with van der Waals surface area (Å²) in [7, 11) is 0. The molecule has 17 heavy (non-hydrogen) atoms. The minimum Gasteiger partial charge on any atom is -0.481 e. The molecule has 0 aromatic heterocycles. The maximum absolute atomic E-state index is 12.1. The summed E-state index contributed by atoms with van der Waals surface area (Å²) in [6.07, 6.45) is 3.45. The summed E-state index contributed by atoms with van der Waals surface area (Å²) >= 11 is 0. The molecule has 0 aliphatic carbocycles. The number of amides is 1. The number of aliphatic carboxylic acids is 1. The van der Waals surface area contributed by atoms with Crippen LogP contribution in [0.15, 0.2) is 12.7 Å². The van der Waals surface area contributed by atoms with E-state index in [1.807, 2.05) is 18.7 Å². The molecule has 0 unspecified atom stereocenters. The molecule has 1 fully saturated rings. The van der Waals surface area contributed by atoms with Crippen molar-refractivity contribution < 1.29 is 14.7 Å². The molecule has 1 N–H and O–H groups in total. The highest BCUT2D eigenvalue weighted by Crippen LogP contribution is 2.26. The van der Waals surface area contributed by atoms with E-state index in [1.54, 1.807) is 6.08 Å². The number of likely N-dealkylation sites (tertiary alicyclic amines) is 1. The summed E-state index contributed by atoms with van der Waals surface area (Å²) in [6.45, 7) is 8.70. The van der Waals surface area contributed by atoms with Crippen LogP contribution in [0.25, 0.3) is 0 Å². The summed E-state index contributed by atoms with van der Waals surface area (Å²) in [6, 6.07) is 0. The molecular formula is C13H21NO3. The van der Waals surface area contributed by atoms with Crippen molar-refractivity contribution in [1.29, 1.82) is 0 Å². The number of carbonyl (C=O) groups is 2. The Bertz CT molecular complexity index is 315. The van der Waals surface area contributed by atoms with Gasteiger partial charge in [0.25, 0.3) is 0 Å². The van der Waals surface area contributed by atoms with Gasteiger partial charge in [-0.1, -0.05) is 6.08 Å². The van der Waals surface area contributed by atoms with E-state index in [0.717, 1.165) is 12.8 Å². The first-order valence-electron chi connectivity index (χ1n) is 6.01. The number of rotatable bonds is 4. The van der Waals surface area contributed by atoms with Gasteiger partial charge in [0.2, 0.25) is 5.91 Å². The molecular weight excluding hydrogens is 218 g/mol. The zero-order valence-electron chi connectivity index (χ0n) is 10.6. The van der Waals surface area contributed by atoms with Crippen LogP contribution in [0.5, 0.6) is 0 Å². The van der Waals surface area contributed by atoms with E-state index < -0.39 is 11.4 Å². The Morgan fingerprint density at radius 3 is 2.35 bits per heavy atom. The van der Waals surface area contributed by atoms with Crippen LogP contribution in [-0.4, -0.2) is 35.0 Å². The first-order valence-corrected chi connectivity index (χ1v) is 6.01. The van der Waals surface area contributed by atoms with Crippen molar-refractivity contribution in [2.24, 2.45) is 11.3 Å². The third-order valence-electron chi connectivity index (χ3n) is 3.43. The Morgan fingerprint density at radius 2 is 1.94 bits per heavy atom. The number of carboxylic acids is 1. The first kappa shape index (κ1) is 13.7. The normalized spacial score (nSPS) is 17.9. The van der Waals surface area contributed by atoms with Crippen molar-refractivity contribution in [1.82, 2.24) is 4.90 Å². The van der Waals surface area contributed by atoms with Crippen LogP contribution in [-0.2, 0) is 9.59 Å². The smallest absolute Gasteiger partial charge is 0.303 e. The average Bonchev–Trinajstić information content (AvgIpc) is 2.28. The second-order valence-electron chi connectivity index (χ2n) is 5.26. The zero-order chi connectivity index (χ0) is 13.1. The van der Waals surface area contributed by atoms with Gasteiger partial charge < -0.3 is 10.0 Å². The molecule has 0 aromatic rings. The van der Waals surface area contributed by atoms with Crippen molar-refractivity contribution in [3.63, 3.8) is 0 Å². The fraction of sp³-hybridized carbons (Fsp3) is 0.692. The van der Waals surface area contributed by atoms with E-state index in [-0.39, 0.29) is 18.2 Å². The van der Waals surface area contributed by atoms with Crippen LogP contribution in [0.4, 0.5) is 0 Å². The Hall–Kier alpha value is -1.32. The Balaban J connectivity index is 2.49. The maximum atomic E-state index is 12.1. The van der Waals surface area contributed by atoms with Gasteiger partial charge in [0.05, 0.1) is 5.41 Å². The molecule has 1 heterocycles. The molecule has 4 nitrogen and oxygen atoms in total. The number of hydrogen-bond donors (Lipinski definition) is 1. The minimum atomic E-state index is -0.749. The lowest BCUT2D eigenvalue weighted by Crippen LogP contribution is -2.44. The first-order chi connectivity index (χ1) is 7.86. The number of nitrogens with zero attached hydrogens (tertiary/aromatic N) is 1. The Labute approximate surface area is 102 Å². The standard InChI is InChI=1S/C13H21NO3/c1-4-13(2,3)12(17)14-7-5-10(6-8-14)9-11(15)16/h4,10H,1,5-9H2,2-3H3,(H,15,16). The summed E-state index contributed by atoms with van der Waals surface area (Å²) in [5.74, 6) is -0.453. The fourth-order valence-electron chi connectivity index (χ4n) is 2.08. The van der Waals surface area contributed by atoms with Crippen LogP contribution in [0, 0.1) is 11.3 Å². The number of carbonyl (C=O) groups excluding carboxylic acids is 1. The summed E-state index contributed by atoms with van der Waals surface area (Å²) < 4.78 is 0. The zero-order valence-corrected chi connectivity index (χ0v) is 10.6. The molecule has 1 rings (SSSR count). The van der Waals surface area contributed by atoms with E-state index in [0.29, 0.717) is 13.1 Å². The van der Waals surface area contributed by atoms with Crippen LogP contribution in [0.3, 0.4) is 0 Å². The van der Waals surface area contributed by atoms with Gasteiger partial charge in [0.15, 0.2) is 0 Å². The third kappa shape index (κ3) is 3.58. The molecule has 0 atom stereocenters. The molecule has 1 aliphatic rings. The van der Waals surface area contributed by atoms with E-state index in [4.69, 9.17) is 5.11 Å². The largest absolute Gasteiger partial charge is 0.481 e. The molecule has 0 radical (unpaired) electrons. The lowest BCUT2D eigenvalue weighted by molar-refractivity contribution is -0.140. The van der Waals surface area contributed by atoms with Gasteiger partial charge in [-0.25, -0.2) is 0 Å². The monoisotopic (exact) mass is 239 g/mol. The summed E-state index contributed by atoms with van der Waals surface area (Å²) in [4.78, 5) is 24.5. The third-order valence-corrected chi connectivity index (χ3v) is 3.43. The van der Waals surface area contributed by atoms with E-state index in [2.05, 4.69) is 6.58 Å². The molecule has 0 bridgehead atoms. The van der Waals surface area contributed by atoms with Crippen LogP contribution in [0.1, 0.15) is 33.1 Å². The van der Waals surface area contributed by atoms with Crippen molar-refractivity contribution in [3.8, 4) is 0 Å². The molecule has 0 spiro atoms. The number of piperidine rings is 1. The molecule has 1 aliphatic heterocycles. The van der Waals surface area contributed by atoms with Crippen molar-refractivity contribution >= 4 is 11.9 Å². The second kappa shape index (κ2) is 5.34. The molecule has 4 heteroatoms. The van der Waals surface area contributed by atoms with Crippen LogP contribution >= 0.6 is 0 Å². The van der Waals surface area contributed by atoms with Gasteiger partial charge in [0.1, 0.15) is 0 Å². The number of hydrogen-bond acceptors (Lipinski definition) is 2. The van der Waals surface area contributed by atoms with Gasteiger partial charge >= 0.3 is 5.97 Å². The molecule has 0 saturated carbocycles. The van der Waals surface area contributed by atoms with Crippen molar-refractivity contribution in [2.75, 3.05) is 13.1 Å². The Kier molecular flexibility index (Phi) is 4.32. The lowest BCUT2D eigenvalue weighted by atomic mass is 9.88. The lowest BCUT2D eigenvalue weighted by Gasteiger charge is -2.35. The number of carboxylic acid groups (broad SMARTS) is 1. The van der Waals surface area contributed by atoms with Gasteiger partial charge in [-0.2, -0.15) is 0 Å². The van der Waals surface area contributed by atoms with Crippen molar-refractivity contribution in [3.05, 3.63) is 12.7 Å². The predicted octanol–water partition coefficient (Wildman–Crippen LogP) is 1.91. The van der Waals surface area contributed by atoms with Crippen molar-refractivity contribution in [2.45, 2.75) is 33.1 Å². The van der Waals surface area contributed by atoms with E-state index in [1.165, 1.54) is 0 Å². The van der Waals surface area contributed by atoms with Gasteiger partial charge in [0, 0.05) is 19.5 Å². The SMILES string of the molecule is C=CC(C)(C)C(=O)N1CCC(CC(=O)O)CC1. The van der Waals surface area contributed by atoms with Crippen LogP contribution in [0.2, 0.25) is 0 Å². The summed E-state index contributed by atoms with van der Waals surface area (Å²) in [5, 5.41) is 8.71. The summed E-state index contributed by atoms with van der Waals surface area (Å²) in [5.41, 5.74) is -0.528. The molecule has 1 amide bonds. The average molecular weight is 239 g/mol. The maximum Gasteiger partial charge on any atom is 0.303 e. The van der Waals surface area contributed by atoms with E-state index >= 15 is 0 Å². The van der Waals surface area contributed by atoms with Gasteiger partial charge in [-0.15, -0.1) is 6.58 Å². The van der Waals surface area contributed by atoms with Gasteiger partial charge in [-0.05, 0) is 32.6 Å². The molecule has 1 saturated heterocycles.